The van der Waals surface area contributed by atoms with Crippen LogP contribution < -0.4 is 5.73 Å². The Hall–Kier alpha value is -1.57. The molecule has 1 heterocycles. The van der Waals surface area contributed by atoms with Crippen LogP contribution in [0.1, 0.15) is 12.5 Å². The highest BCUT2D eigenvalue weighted by Gasteiger charge is 2.25. The quantitative estimate of drug-likeness (QED) is 0.665. The van der Waals surface area contributed by atoms with Crippen molar-refractivity contribution in [3.05, 3.63) is 39.7 Å². The molecule has 0 aromatic heterocycles. The molecule has 6 nitrogen and oxygen atoms in total. The molecule has 0 amide bonds. The number of morpholine rings is 1. The lowest BCUT2D eigenvalue weighted by Gasteiger charge is -2.34. The predicted octanol–water partition coefficient (Wildman–Crippen LogP) is 1.28. The van der Waals surface area contributed by atoms with Crippen LogP contribution >= 0.6 is 0 Å². The maximum atomic E-state index is 13.3. The maximum absolute atomic E-state index is 13.3. The summed E-state index contributed by atoms with van der Waals surface area (Å²) >= 11 is 0. The fourth-order valence-electron chi connectivity index (χ4n) is 2.29. The first-order valence-corrected chi connectivity index (χ1v) is 6.49. The average Bonchev–Trinajstić information content (AvgIpc) is 2.38. The number of ether oxygens (including phenoxy) is 1. The fraction of sp³-hybridized carbons (Fsp3) is 0.538. The van der Waals surface area contributed by atoms with E-state index in [2.05, 4.69) is 0 Å². The molecule has 1 saturated heterocycles. The number of nitrogens with two attached hydrogens (primary N) is 1. The van der Waals surface area contributed by atoms with E-state index in [0.29, 0.717) is 31.8 Å². The number of hydrogen-bond acceptors (Lipinski definition) is 5. The topological polar surface area (TPSA) is 81.6 Å². The van der Waals surface area contributed by atoms with Crippen LogP contribution in [-0.2, 0) is 11.3 Å². The summed E-state index contributed by atoms with van der Waals surface area (Å²) in [5.74, 6) is -0.470. The molecule has 1 aliphatic heterocycles. The lowest BCUT2D eigenvalue weighted by atomic mass is 10.1. The number of nitro groups is 1. The minimum absolute atomic E-state index is 0.0600. The molecule has 20 heavy (non-hydrogen) atoms. The lowest BCUT2D eigenvalue weighted by Crippen LogP contribution is -2.49. The Morgan fingerprint density at radius 1 is 1.65 bits per heavy atom. The summed E-state index contributed by atoms with van der Waals surface area (Å²) in [6.45, 7) is 3.94. The van der Waals surface area contributed by atoms with E-state index in [1.54, 1.807) is 0 Å². The molecule has 110 valence electrons. The van der Waals surface area contributed by atoms with Gasteiger partial charge >= 0.3 is 0 Å². The monoisotopic (exact) mass is 283 g/mol. The summed E-state index contributed by atoms with van der Waals surface area (Å²) in [4.78, 5) is 12.5. The summed E-state index contributed by atoms with van der Waals surface area (Å²) in [7, 11) is 0. The van der Waals surface area contributed by atoms with E-state index < -0.39 is 10.7 Å². The van der Waals surface area contributed by atoms with Gasteiger partial charge in [0.1, 0.15) is 5.82 Å². The van der Waals surface area contributed by atoms with Gasteiger partial charge in [-0.15, -0.1) is 0 Å². The number of hydrogen-bond donors (Lipinski definition) is 1. The first kappa shape index (κ1) is 14.8. The van der Waals surface area contributed by atoms with Gasteiger partial charge in [0, 0.05) is 37.3 Å². The second-order valence-corrected chi connectivity index (χ2v) is 5.03. The van der Waals surface area contributed by atoms with Crippen LogP contribution in [0.15, 0.2) is 18.2 Å². The molecule has 2 N–H and O–H groups in total. The Balaban J connectivity index is 2.13. The van der Waals surface area contributed by atoms with Gasteiger partial charge in [-0.2, -0.15) is 0 Å². The van der Waals surface area contributed by atoms with Crippen LogP contribution in [0.2, 0.25) is 0 Å². The zero-order valence-corrected chi connectivity index (χ0v) is 11.3. The van der Waals surface area contributed by atoms with Crippen LogP contribution in [0.3, 0.4) is 0 Å². The highest BCUT2D eigenvalue weighted by molar-refractivity contribution is 5.40. The molecular formula is C13H18FN3O3. The molecule has 1 aliphatic rings. The molecule has 2 atom stereocenters. The van der Waals surface area contributed by atoms with E-state index in [9.17, 15) is 14.5 Å². The molecule has 2 unspecified atom stereocenters. The van der Waals surface area contributed by atoms with Gasteiger partial charge in [-0.1, -0.05) is 0 Å². The third-order valence-electron chi connectivity index (χ3n) is 3.40. The minimum atomic E-state index is -0.488. The third-order valence-corrected chi connectivity index (χ3v) is 3.40. The zero-order valence-electron chi connectivity index (χ0n) is 11.3. The van der Waals surface area contributed by atoms with E-state index in [-0.39, 0.29) is 17.8 Å². The highest BCUT2D eigenvalue weighted by Crippen LogP contribution is 2.22. The van der Waals surface area contributed by atoms with Gasteiger partial charge in [0.15, 0.2) is 0 Å². The van der Waals surface area contributed by atoms with Crippen molar-refractivity contribution in [1.82, 2.24) is 4.90 Å². The van der Waals surface area contributed by atoms with E-state index in [0.717, 1.165) is 6.07 Å². The molecule has 0 bridgehead atoms. The zero-order chi connectivity index (χ0) is 14.7. The Morgan fingerprint density at radius 3 is 3.05 bits per heavy atom. The van der Waals surface area contributed by atoms with Crippen molar-refractivity contribution in [3.63, 3.8) is 0 Å². The highest BCUT2D eigenvalue weighted by atomic mass is 19.1. The normalized spacial score (nSPS) is 21.6. The van der Waals surface area contributed by atoms with Gasteiger partial charge in [0.05, 0.1) is 17.6 Å². The van der Waals surface area contributed by atoms with Gasteiger partial charge in [0.2, 0.25) is 0 Å². The Morgan fingerprint density at radius 2 is 2.40 bits per heavy atom. The summed E-state index contributed by atoms with van der Waals surface area (Å²) in [5.41, 5.74) is 6.12. The Kier molecular flexibility index (Phi) is 4.64. The number of nitrogens with zero attached hydrogens (tertiary/aromatic N) is 2. The number of nitro benzene ring substituents is 1. The molecule has 1 aromatic carbocycles. The van der Waals surface area contributed by atoms with Gasteiger partial charge in [-0.25, -0.2) is 4.39 Å². The van der Waals surface area contributed by atoms with Crippen LogP contribution in [-0.4, -0.2) is 41.7 Å². The molecule has 7 heteroatoms. The lowest BCUT2D eigenvalue weighted by molar-refractivity contribution is -0.385. The summed E-state index contributed by atoms with van der Waals surface area (Å²) in [6, 6.07) is 3.41. The molecule has 0 spiro atoms. The second kappa shape index (κ2) is 6.25. The molecule has 0 radical (unpaired) electrons. The van der Waals surface area contributed by atoms with Gasteiger partial charge in [-0.3, -0.25) is 15.0 Å². The summed E-state index contributed by atoms with van der Waals surface area (Å²) < 4.78 is 18.8. The van der Waals surface area contributed by atoms with Gasteiger partial charge < -0.3 is 10.5 Å². The van der Waals surface area contributed by atoms with Crippen molar-refractivity contribution >= 4 is 5.69 Å². The summed E-state index contributed by atoms with van der Waals surface area (Å²) in [6.07, 6.45) is -0.101. The first-order valence-electron chi connectivity index (χ1n) is 6.49. The minimum Gasteiger partial charge on any atom is -0.374 e. The van der Waals surface area contributed by atoms with Crippen molar-refractivity contribution in [2.75, 3.05) is 19.7 Å². The van der Waals surface area contributed by atoms with Crippen LogP contribution in [0.25, 0.3) is 0 Å². The Bertz CT molecular complexity index is 496. The summed E-state index contributed by atoms with van der Waals surface area (Å²) in [5, 5.41) is 11.0. The molecule has 0 aliphatic carbocycles. The van der Waals surface area contributed by atoms with Crippen LogP contribution in [0, 0.1) is 15.9 Å². The molecule has 1 fully saturated rings. The SMILES string of the molecule is CC(N)C1CN(Cc2cc(F)ccc2[N+](=O)[O-])CCO1. The molecule has 0 saturated carbocycles. The van der Waals surface area contributed by atoms with E-state index in [4.69, 9.17) is 10.5 Å². The van der Waals surface area contributed by atoms with Gasteiger partial charge in [0.25, 0.3) is 5.69 Å². The van der Waals surface area contributed by atoms with Crippen molar-refractivity contribution < 1.29 is 14.1 Å². The van der Waals surface area contributed by atoms with Crippen LogP contribution in [0.4, 0.5) is 10.1 Å². The van der Waals surface area contributed by atoms with Crippen molar-refractivity contribution in [1.29, 1.82) is 0 Å². The first-order chi connectivity index (χ1) is 9.47. The van der Waals surface area contributed by atoms with Crippen molar-refractivity contribution in [2.24, 2.45) is 5.73 Å². The third kappa shape index (κ3) is 3.50. The number of halogens is 1. The number of benzene rings is 1. The second-order valence-electron chi connectivity index (χ2n) is 5.03. The van der Waals surface area contributed by atoms with Gasteiger partial charge in [-0.05, 0) is 19.1 Å². The average molecular weight is 283 g/mol. The molecule has 1 aromatic rings. The van der Waals surface area contributed by atoms with Crippen molar-refractivity contribution in [2.45, 2.75) is 25.6 Å². The van der Waals surface area contributed by atoms with Crippen molar-refractivity contribution in [3.8, 4) is 0 Å². The largest absolute Gasteiger partial charge is 0.374 e. The van der Waals surface area contributed by atoms with Crippen LogP contribution in [0.5, 0.6) is 0 Å². The maximum Gasteiger partial charge on any atom is 0.274 e. The number of rotatable bonds is 4. The van der Waals surface area contributed by atoms with E-state index >= 15 is 0 Å². The smallest absolute Gasteiger partial charge is 0.274 e. The molecule has 2 rings (SSSR count). The Labute approximate surface area is 116 Å². The molecular weight excluding hydrogens is 265 g/mol. The fourth-order valence-corrected chi connectivity index (χ4v) is 2.29. The predicted molar refractivity (Wildman–Crippen MR) is 71.7 cm³/mol. The van der Waals surface area contributed by atoms with E-state index in [1.807, 2.05) is 11.8 Å². The van der Waals surface area contributed by atoms with E-state index in [1.165, 1.54) is 12.1 Å². The standard InChI is InChI=1S/C13H18FN3O3/c1-9(15)13-8-16(4-5-20-13)7-10-6-11(14)2-3-12(10)17(18)19/h2-3,6,9,13H,4-5,7-8,15H2,1H3.